The zero-order valence-corrected chi connectivity index (χ0v) is 12.0. The SMILES string of the molecule is CC(C)C(=O)NCC[N+]1(C(C)C)CCCCC1. The minimum absolute atomic E-state index is 0.101. The lowest BCUT2D eigenvalue weighted by Gasteiger charge is -2.45. The van der Waals surface area contributed by atoms with Gasteiger partial charge in [0, 0.05) is 5.92 Å². The van der Waals surface area contributed by atoms with Crippen LogP contribution in [0.3, 0.4) is 0 Å². The lowest BCUT2D eigenvalue weighted by Crippen LogP contribution is -2.58. The first-order chi connectivity index (χ1) is 7.98. The maximum absolute atomic E-state index is 11.5. The van der Waals surface area contributed by atoms with Gasteiger partial charge in [-0.3, -0.25) is 4.79 Å². The summed E-state index contributed by atoms with van der Waals surface area (Å²) in [6.07, 6.45) is 4.07. The van der Waals surface area contributed by atoms with Gasteiger partial charge in [-0.25, -0.2) is 0 Å². The normalized spacial score (nSPS) is 19.6. The Morgan fingerprint density at radius 2 is 1.71 bits per heavy atom. The largest absolute Gasteiger partial charge is 0.350 e. The van der Waals surface area contributed by atoms with E-state index in [1.165, 1.54) is 36.8 Å². The topological polar surface area (TPSA) is 29.1 Å². The van der Waals surface area contributed by atoms with Gasteiger partial charge in [0.25, 0.3) is 0 Å². The Hall–Kier alpha value is -0.570. The molecule has 0 saturated carbocycles. The van der Waals surface area contributed by atoms with Crippen LogP contribution in [0.5, 0.6) is 0 Å². The quantitative estimate of drug-likeness (QED) is 0.734. The zero-order valence-electron chi connectivity index (χ0n) is 12.0. The highest BCUT2D eigenvalue weighted by Gasteiger charge is 2.32. The summed E-state index contributed by atoms with van der Waals surface area (Å²) < 4.78 is 1.19. The number of hydrogen-bond acceptors (Lipinski definition) is 1. The number of nitrogens with zero attached hydrogens (tertiary/aromatic N) is 1. The molecule has 3 nitrogen and oxygen atoms in total. The molecule has 0 spiro atoms. The summed E-state index contributed by atoms with van der Waals surface area (Å²) >= 11 is 0. The molecule has 0 aliphatic carbocycles. The van der Waals surface area contributed by atoms with Crippen LogP contribution in [0.15, 0.2) is 0 Å². The van der Waals surface area contributed by atoms with E-state index in [-0.39, 0.29) is 11.8 Å². The number of nitrogens with one attached hydrogen (secondary N) is 1. The summed E-state index contributed by atoms with van der Waals surface area (Å²) in [5, 5.41) is 3.05. The molecule has 1 rings (SSSR count). The summed E-state index contributed by atoms with van der Waals surface area (Å²) in [5.41, 5.74) is 0. The van der Waals surface area contributed by atoms with Crippen LogP contribution in [-0.2, 0) is 4.79 Å². The van der Waals surface area contributed by atoms with Gasteiger partial charge in [-0.1, -0.05) is 13.8 Å². The molecule has 0 aromatic rings. The van der Waals surface area contributed by atoms with E-state index < -0.39 is 0 Å². The van der Waals surface area contributed by atoms with Gasteiger partial charge in [-0.15, -0.1) is 0 Å². The second-order valence-electron chi connectivity index (χ2n) is 5.99. The van der Waals surface area contributed by atoms with Gasteiger partial charge in [0.15, 0.2) is 0 Å². The maximum atomic E-state index is 11.5. The number of piperidine rings is 1. The first-order valence-electron chi connectivity index (χ1n) is 7.11. The highest BCUT2D eigenvalue weighted by Crippen LogP contribution is 2.22. The Labute approximate surface area is 106 Å². The molecule has 1 heterocycles. The fourth-order valence-corrected chi connectivity index (χ4v) is 2.75. The lowest BCUT2D eigenvalue weighted by atomic mass is 10.0. The third-order valence-electron chi connectivity index (χ3n) is 4.18. The van der Waals surface area contributed by atoms with Crippen molar-refractivity contribution in [2.45, 2.75) is 53.0 Å². The summed E-state index contributed by atoms with van der Waals surface area (Å²) in [5.74, 6) is 0.285. The molecule has 100 valence electrons. The smallest absolute Gasteiger partial charge is 0.222 e. The fraction of sp³-hybridized carbons (Fsp3) is 0.929. The van der Waals surface area contributed by atoms with Crippen molar-refractivity contribution >= 4 is 5.91 Å². The Morgan fingerprint density at radius 1 is 1.12 bits per heavy atom. The minimum Gasteiger partial charge on any atom is -0.350 e. The van der Waals surface area contributed by atoms with Crippen LogP contribution in [-0.4, -0.2) is 42.6 Å². The van der Waals surface area contributed by atoms with Crippen molar-refractivity contribution in [1.29, 1.82) is 0 Å². The predicted molar refractivity (Wildman–Crippen MR) is 71.7 cm³/mol. The predicted octanol–water partition coefficient (Wildman–Crippen LogP) is 2.17. The van der Waals surface area contributed by atoms with Crippen molar-refractivity contribution in [3.05, 3.63) is 0 Å². The minimum atomic E-state index is 0.101. The summed E-state index contributed by atoms with van der Waals surface area (Å²) in [6.45, 7) is 13.0. The molecule has 0 aromatic carbocycles. The van der Waals surface area contributed by atoms with E-state index >= 15 is 0 Å². The third kappa shape index (κ3) is 3.98. The molecule has 1 N–H and O–H groups in total. The van der Waals surface area contributed by atoms with E-state index in [0.717, 1.165) is 13.1 Å². The van der Waals surface area contributed by atoms with Crippen LogP contribution < -0.4 is 5.32 Å². The molecule has 1 saturated heterocycles. The lowest BCUT2D eigenvalue weighted by molar-refractivity contribution is -0.950. The van der Waals surface area contributed by atoms with Crippen LogP contribution in [0.25, 0.3) is 0 Å². The van der Waals surface area contributed by atoms with Crippen molar-refractivity contribution in [2.24, 2.45) is 5.92 Å². The van der Waals surface area contributed by atoms with Gasteiger partial charge in [0.2, 0.25) is 5.91 Å². The van der Waals surface area contributed by atoms with Gasteiger partial charge >= 0.3 is 0 Å². The number of amides is 1. The fourth-order valence-electron chi connectivity index (χ4n) is 2.75. The van der Waals surface area contributed by atoms with Gasteiger partial charge in [-0.2, -0.15) is 0 Å². The summed E-state index contributed by atoms with van der Waals surface area (Å²) in [6, 6.07) is 0.672. The van der Waals surface area contributed by atoms with Crippen molar-refractivity contribution in [3.63, 3.8) is 0 Å². The first kappa shape index (κ1) is 14.5. The van der Waals surface area contributed by atoms with E-state index in [2.05, 4.69) is 19.2 Å². The Morgan fingerprint density at radius 3 is 2.18 bits per heavy atom. The maximum Gasteiger partial charge on any atom is 0.222 e. The molecule has 0 unspecified atom stereocenters. The monoisotopic (exact) mass is 241 g/mol. The van der Waals surface area contributed by atoms with E-state index in [0.29, 0.717) is 6.04 Å². The van der Waals surface area contributed by atoms with Crippen molar-refractivity contribution in [1.82, 2.24) is 5.32 Å². The molecule has 1 aliphatic rings. The first-order valence-corrected chi connectivity index (χ1v) is 7.11. The average molecular weight is 241 g/mol. The highest BCUT2D eigenvalue weighted by molar-refractivity contribution is 5.77. The summed E-state index contributed by atoms with van der Waals surface area (Å²) in [7, 11) is 0. The van der Waals surface area contributed by atoms with Crippen molar-refractivity contribution < 1.29 is 9.28 Å². The van der Waals surface area contributed by atoms with Crippen molar-refractivity contribution in [2.75, 3.05) is 26.2 Å². The molecule has 1 amide bonds. The van der Waals surface area contributed by atoms with Gasteiger partial charge in [0.05, 0.1) is 32.2 Å². The number of quaternary nitrogens is 1. The standard InChI is InChI=1S/C14H28N2O/c1-12(2)14(17)15-8-11-16(13(3)4)9-6-5-7-10-16/h12-13H,5-11H2,1-4H3/p+1. The van der Waals surface area contributed by atoms with E-state index in [9.17, 15) is 4.79 Å². The van der Waals surface area contributed by atoms with E-state index in [4.69, 9.17) is 0 Å². The van der Waals surface area contributed by atoms with Gasteiger partial charge in [0.1, 0.15) is 0 Å². The van der Waals surface area contributed by atoms with Crippen LogP contribution in [0, 0.1) is 5.92 Å². The van der Waals surface area contributed by atoms with Gasteiger partial charge < -0.3 is 9.80 Å². The Bertz CT molecular complexity index is 243. The molecule has 3 heteroatoms. The molecule has 0 bridgehead atoms. The summed E-state index contributed by atoms with van der Waals surface area (Å²) in [4.78, 5) is 11.5. The number of carbonyl (C=O) groups is 1. The average Bonchev–Trinajstić information content (AvgIpc) is 2.29. The molecule has 1 aliphatic heterocycles. The third-order valence-corrected chi connectivity index (χ3v) is 4.18. The number of hydrogen-bond donors (Lipinski definition) is 1. The molecule has 0 atom stereocenters. The van der Waals surface area contributed by atoms with Crippen molar-refractivity contribution in [3.8, 4) is 0 Å². The molecule has 17 heavy (non-hydrogen) atoms. The molecule has 0 radical (unpaired) electrons. The van der Waals surface area contributed by atoms with E-state index in [1.807, 2.05) is 13.8 Å². The second-order valence-corrected chi connectivity index (χ2v) is 5.99. The number of rotatable bonds is 5. The van der Waals surface area contributed by atoms with Crippen LogP contribution in [0.2, 0.25) is 0 Å². The number of carbonyl (C=O) groups excluding carboxylic acids is 1. The number of likely N-dealkylation sites (tertiary alicyclic amines) is 1. The van der Waals surface area contributed by atoms with Crippen LogP contribution in [0.4, 0.5) is 0 Å². The van der Waals surface area contributed by atoms with Gasteiger partial charge in [-0.05, 0) is 33.1 Å². The van der Waals surface area contributed by atoms with E-state index in [1.54, 1.807) is 0 Å². The zero-order chi connectivity index (χ0) is 12.9. The Kier molecular flexibility index (Phi) is 5.44. The Balaban J connectivity index is 2.42. The molecular formula is C14H29N2O+. The molecule has 1 fully saturated rings. The van der Waals surface area contributed by atoms with Crippen LogP contribution in [0.1, 0.15) is 47.0 Å². The van der Waals surface area contributed by atoms with Crippen LogP contribution >= 0.6 is 0 Å². The molecule has 0 aromatic heterocycles. The highest BCUT2D eigenvalue weighted by atomic mass is 16.1. The second kappa shape index (κ2) is 6.39. The molecular weight excluding hydrogens is 212 g/mol.